The van der Waals surface area contributed by atoms with Gasteiger partial charge in [-0.1, -0.05) is 6.92 Å². The summed E-state index contributed by atoms with van der Waals surface area (Å²) in [4.78, 5) is 0. The van der Waals surface area contributed by atoms with E-state index in [0.29, 0.717) is 6.54 Å². The number of hydrogen-bond donors (Lipinski definition) is 2. The molecule has 1 atom stereocenters. The summed E-state index contributed by atoms with van der Waals surface area (Å²) >= 11 is 3.42. The lowest BCUT2D eigenvalue weighted by Crippen LogP contribution is -2.32. The van der Waals surface area contributed by atoms with Crippen molar-refractivity contribution in [2.45, 2.75) is 32.4 Å². The summed E-state index contributed by atoms with van der Waals surface area (Å²) in [5.41, 5.74) is 1.81. The van der Waals surface area contributed by atoms with Gasteiger partial charge in [0.15, 0.2) is 0 Å². The van der Waals surface area contributed by atoms with E-state index in [2.05, 4.69) is 26.3 Å². The largest absolute Gasteiger partial charge is 0.386 e. The fraction of sp³-hybridized carbons (Fsp3) is 0.700. The molecule has 1 aromatic rings. The predicted molar refractivity (Wildman–Crippen MR) is 64.0 cm³/mol. The van der Waals surface area contributed by atoms with Gasteiger partial charge in [0.05, 0.1) is 15.9 Å². The molecule has 1 unspecified atom stereocenters. The molecule has 0 aliphatic heterocycles. The van der Waals surface area contributed by atoms with Crippen molar-refractivity contribution in [2.24, 2.45) is 7.05 Å². The van der Waals surface area contributed by atoms with E-state index >= 15 is 0 Å². The van der Waals surface area contributed by atoms with Crippen LogP contribution in [-0.4, -0.2) is 34.0 Å². The number of nitrogens with one attached hydrogen (secondary N) is 1. The maximum Gasteiger partial charge on any atom is 0.265 e. The Morgan fingerprint density at radius 3 is 2.65 bits per heavy atom. The van der Waals surface area contributed by atoms with Crippen LogP contribution in [0.2, 0.25) is 0 Å². The number of halogens is 3. The maximum atomic E-state index is 12.1. The Labute approximate surface area is 107 Å². The zero-order valence-electron chi connectivity index (χ0n) is 9.75. The van der Waals surface area contributed by atoms with Crippen molar-refractivity contribution in [1.29, 1.82) is 0 Å². The van der Waals surface area contributed by atoms with Gasteiger partial charge < -0.3 is 10.4 Å². The van der Waals surface area contributed by atoms with Crippen molar-refractivity contribution in [3.63, 3.8) is 0 Å². The molecule has 0 saturated carbocycles. The predicted octanol–water partition coefficient (Wildman–Crippen LogP) is 1.46. The van der Waals surface area contributed by atoms with E-state index < -0.39 is 12.5 Å². The number of nitrogens with zero attached hydrogens (tertiary/aromatic N) is 2. The molecular weight excluding hydrogens is 296 g/mol. The summed E-state index contributed by atoms with van der Waals surface area (Å²) < 4.78 is 26.7. The van der Waals surface area contributed by atoms with Gasteiger partial charge >= 0.3 is 0 Å². The van der Waals surface area contributed by atoms with Crippen LogP contribution in [-0.2, 0) is 20.0 Å². The summed E-state index contributed by atoms with van der Waals surface area (Å²) in [7, 11) is 1.80. The van der Waals surface area contributed by atoms with E-state index in [4.69, 9.17) is 5.11 Å². The normalized spacial score (nSPS) is 13.4. The molecule has 0 spiro atoms. The van der Waals surface area contributed by atoms with Crippen molar-refractivity contribution in [3.05, 3.63) is 15.9 Å². The Morgan fingerprint density at radius 2 is 2.18 bits per heavy atom. The van der Waals surface area contributed by atoms with Crippen molar-refractivity contribution in [3.8, 4) is 0 Å². The molecule has 0 amide bonds. The highest BCUT2D eigenvalue weighted by atomic mass is 79.9. The number of aromatic nitrogens is 2. The Hall–Kier alpha value is -0.530. The minimum absolute atomic E-state index is 0.142. The van der Waals surface area contributed by atoms with Crippen LogP contribution in [0.15, 0.2) is 4.47 Å². The van der Waals surface area contributed by atoms with Gasteiger partial charge in [0.25, 0.3) is 6.43 Å². The molecule has 1 heterocycles. The molecule has 0 radical (unpaired) electrons. The van der Waals surface area contributed by atoms with E-state index in [-0.39, 0.29) is 6.54 Å². The first-order valence-corrected chi connectivity index (χ1v) is 6.13. The van der Waals surface area contributed by atoms with E-state index in [0.717, 1.165) is 22.3 Å². The molecule has 0 aliphatic carbocycles. The molecule has 0 saturated heterocycles. The lowest BCUT2D eigenvalue weighted by atomic mass is 10.3. The minimum Gasteiger partial charge on any atom is -0.386 e. The third-order valence-electron chi connectivity index (χ3n) is 2.44. The second-order valence-corrected chi connectivity index (χ2v) is 4.51. The molecule has 0 aromatic carbocycles. The van der Waals surface area contributed by atoms with Gasteiger partial charge in [-0.15, -0.1) is 0 Å². The fourth-order valence-electron chi connectivity index (χ4n) is 1.44. The van der Waals surface area contributed by atoms with E-state index in [9.17, 15) is 8.78 Å². The molecule has 98 valence electrons. The first-order chi connectivity index (χ1) is 7.97. The zero-order chi connectivity index (χ0) is 13.0. The lowest BCUT2D eigenvalue weighted by molar-refractivity contribution is -0.00348. The van der Waals surface area contributed by atoms with Crippen molar-refractivity contribution >= 4 is 15.9 Å². The summed E-state index contributed by atoms with van der Waals surface area (Å²) in [5.74, 6) is 0. The van der Waals surface area contributed by atoms with Crippen LogP contribution in [0.1, 0.15) is 18.3 Å². The average Bonchev–Trinajstić information content (AvgIpc) is 2.55. The number of aliphatic hydroxyl groups is 1. The van der Waals surface area contributed by atoms with Crippen LogP contribution in [0.3, 0.4) is 0 Å². The van der Waals surface area contributed by atoms with E-state index in [1.54, 1.807) is 11.7 Å². The molecule has 4 nitrogen and oxygen atoms in total. The summed E-state index contributed by atoms with van der Waals surface area (Å²) in [6, 6.07) is 0. The van der Waals surface area contributed by atoms with Crippen LogP contribution >= 0.6 is 15.9 Å². The van der Waals surface area contributed by atoms with E-state index in [1.165, 1.54) is 0 Å². The average molecular weight is 312 g/mol. The van der Waals surface area contributed by atoms with Gasteiger partial charge in [-0.3, -0.25) is 4.68 Å². The number of rotatable bonds is 6. The number of alkyl halides is 2. The molecule has 2 N–H and O–H groups in total. The number of hydrogen-bond acceptors (Lipinski definition) is 3. The topological polar surface area (TPSA) is 50.1 Å². The first kappa shape index (κ1) is 14.5. The summed E-state index contributed by atoms with van der Waals surface area (Å²) in [6.07, 6.45) is -3.55. The van der Waals surface area contributed by atoms with Crippen molar-refractivity contribution in [2.75, 3.05) is 6.54 Å². The standard InChI is InChI=1S/C10H16BrF2N3O/c1-3-6-9(11)7(16(2)15-6)4-14-5-8(17)10(12)13/h8,10,14,17H,3-5H2,1-2H3. The van der Waals surface area contributed by atoms with Gasteiger partial charge in [0.2, 0.25) is 0 Å². The molecule has 7 heteroatoms. The molecule has 1 rings (SSSR count). The third kappa shape index (κ3) is 3.72. The summed E-state index contributed by atoms with van der Waals surface area (Å²) in [5, 5.41) is 16.0. The van der Waals surface area contributed by atoms with Crippen LogP contribution in [0, 0.1) is 0 Å². The molecule has 0 bridgehead atoms. The van der Waals surface area contributed by atoms with Crippen LogP contribution < -0.4 is 5.32 Å². The first-order valence-electron chi connectivity index (χ1n) is 5.34. The van der Waals surface area contributed by atoms with Crippen molar-refractivity contribution < 1.29 is 13.9 Å². The zero-order valence-corrected chi connectivity index (χ0v) is 11.3. The second kappa shape index (κ2) is 6.42. The van der Waals surface area contributed by atoms with Crippen LogP contribution in [0.5, 0.6) is 0 Å². The van der Waals surface area contributed by atoms with E-state index in [1.807, 2.05) is 6.92 Å². The number of aliphatic hydroxyl groups excluding tert-OH is 1. The lowest BCUT2D eigenvalue weighted by Gasteiger charge is -2.10. The molecule has 17 heavy (non-hydrogen) atoms. The highest BCUT2D eigenvalue weighted by Crippen LogP contribution is 2.21. The Kier molecular flexibility index (Phi) is 5.48. The fourth-order valence-corrected chi connectivity index (χ4v) is 2.20. The van der Waals surface area contributed by atoms with Gasteiger partial charge in [0, 0.05) is 20.1 Å². The Bertz CT molecular complexity index is 371. The monoisotopic (exact) mass is 311 g/mol. The maximum absolute atomic E-state index is 12.1. The van der Waals surface area contributed by atoms with Gasteiger partial charge in [0.1, 0.15) is 6.10 Å². The Balaban J connectivity index is 2.55. The molecule has 0 fully saturated rings. The molecule has 1 aromatic heterocycles. The summed E-state index contributed by atoms with van der Waals surface area (Å²) in [6.45, 7) is 2.23. The SMILES string of the molecule is CCc1nn(C)c(CNCC(O)C(F)F)c1Br. The van der Waals surface area contributed by atoms with Crippen LogP contribution in [0.4, 0.5) is 8.78 Å². The molecular formula is C10H16BrF2N3O. The van der Waals surface area contributed by atoms with Crippen LogP contribution in [0.25, 0.3) is 0 Å². The quantitative estimate of drug-likeness (QED) is 0.836. The van der Waals surface area contributed by atoms with Gasteiger partial charge in [-0.25, -0.2) is 8.78 Å². The second-order valence-electron chi connectivity index (χ2n) is 3.72. The van der Waals surface area contributed by atoms with Crippen molar-refractivity contribution in [1.82, 2.24) is 15.1 Å². The smallest absolute Gasteiger partial charge is 0.265 e. The highest BCUT2D eigenvalue weighted by Gasteiger charge is 2.17. The Morgan fingerprint density at radius 1 is 1.53 bits per heavy atom. The van der Waals surface area contributed by atoms with Gasteiger partial charge in [-0.05, 0) is 22.4 Å². The number of aryl methyl sites for hydroxylation is 2. The van der Waals surface area contributed by atoms with Gasteiger partial charge in [-0.2, -0.15) is 5.10 Å². The highest BCUT2D eigenvalue weighted by molar-refractivity contribution is 9.10. The molecule has 0 aliphatic rings. The minimum atomic E-state index is -2.72. The third-order valence-corrected chi connectivity index (χ3v) is 3.36.